The standard InChI is InChI=1S/C21H26N2O3/c1-2-25-21(24)20(23-14-12-22-13-15-23)18-8-10-19(11-9-18)26-16-17-6-4-3-5-7-17/h3-11,20,22H,2,12-16H2,1H3. The van der Waals surface area contributed by atoms with Gasteiger partial charge in [-0.05, 0) is 30.2 Å². The first kappa shape index (κ1) is 18.4. The molecule has 1 N–H and O–H groups in total. The van der Waals surface area contributed by atoms with E-state index >= 15 is 0 Å². The molecule has 3 rings (SSSR count). The van der Waals surface area contributed by atoms with Gasteiger partial charge in [0.15, 0.2) is 0 Å². The first-order chi connectivity index (χ1) is 12.8. The van der Waals surface area contributed by atoms with Gasteiger partial charge in [0.25, 0.3) is 0 Å². The Balaban J connectivity index is 1.69. The van der Waals surface area contributed by atoms with E-state index in [1.165, 1.54) is 0 Å². The number of rotatable bonds is 7. The van der Waals surface area contributed by atoms with Crippen LogP contribution in [0.4, 0.5) is 0 Å². The summed E-state index contributed by atoms with van der Waals surface area (Å²) in [5.74, 6) is 0.605. The zero-order valence-corrected chi connectivity index (χ0v) is 15.2. The predicted octanol–water partition coefficient (Wildman–Crippen LogP) is 2.78. The van der Waals surface area contributed by atoms with Crippen LogP contribution >= 0.6 is 0 Å². The van der Waals surface area contributed by atoms with Crippen molar-refractivity contribution in [3.05, 3.63) is 65.7 Å². The van der Waals surface area contributed by atoms with Crippen molar-refractivity contribution in [2.45, 2.75) is 19.6 Å². The van der Waals surface area contributed by atoms with Gasteiger partial charge < -0.3 is 14.8 Å². The van der Waals surface area contributed by atoms with Crippen molar-refractivity contribution in [1.82, 2.24) is 10.2 Å². The lowest BCUT2D eigenvalue weighted by Crippen LogP contribution is -2.47. The highest BCUT2D eigenvalue weighted by atomic mass is 16.5. The molecule has 1 heterocycles. The van der Waals surface area contributed by atoms with Crippen LogP contribution in [0.3, 0.4) is 0 Å². The van der Waals surface area contributed by atoms with Crippen LogP contribution in [-0.2, 0) is 16.1 Å². The zero-order chi connectivity index (χ0) is 18.2. The maximum absolute atomic E-state index is 12.5. The molecule has 0 aromatic heterocycles. The molecule has 1 atom stereocenters. The molecule has 0 amide bonds. The molecule has 0 radical (unpaired) electrons. The van der Waals surface area contributed by atoms with E-state index < -0.39 is 0 Å². The van der Waals surface area contributed by atoms with Gasteiger partial charge in [0.05, 0.1) is 6.61 Å². The van der Waals surface area contributed by atoms with E-state index in [4.69, 9.17) is 9.47 Å². The average Bonchev–Trinajstić information content (AvgIpc) is 2.69. The summed E-state index contributed by atoms with van der Waals surface area (Å²) in [5.41, 5.74) is 2.07. The van der Waals surface area contributed by atoms with Crippen LogP contribution in [0.25, 0.3) is 0 Å². The van der Waals surface area contributed by atoms with E-state index in [0.29, 0.717) is 13.2 Å². The smallest absolute Gasteiger partial charge is 0.328 e. The van der Waals surface area contributed by atoms with Gasteiger partial charge in [-0.1, -0.05) is 42.5 Å². The normalized spacial score (nSPS) is 16.0. The number of ether oxygens (including phenoxy) is 2. The second-order valence-corrected chi connectivity index (χ2v) is 6.28. The molecule has 0 spiro atoms. The molecule has 26 heavy (non-hydrogen) atoms. The van der Waals surface area contributed by atoms with Gasteiger partial charge >= 0.3 is 5.97 Å². The van der Waals surface area contributed by atoms with Gasteiger partial charge in [0.2, 0.25) is 0 Å². The Morgan fingerprint density at radius 3 is 2.42 bits per heavy atom. The summed E-state index contributed by atoms with van der Waals surface area (Å²) < 4.78 is 11.2. The first-order valence-electron chi connectivity index (χ1n) is 9.16. The van der Waals surface area contributed by atoms with Crippen LogP contribution in [0.2, 0.25) is 0 Å². The van der Waals surface area contributed by atoms with Crippen LogP contribution in [0, 0.1) is 0 Å². The van der Waals surface area contributed by atoms with Gasteiger partial charge in [0, 0.05) is 26.2 Å². The third-order valence-corrected chi connectivity index (χ3v) is 4.47. The summed E-state index contributed by atoms with van der Waals surface area (Å²) in [5, 5.41) is 3.32. The summed E-state index contributed by atoms with van der Waals surface area (Å²) in [6.45, 7) is 6.18. The fourth-order valence-corrected chi connectivity index (χ4v) is 3.14. The van der Waals surface area contributed by atoms with E-state index in [1.54, 1.807) is 0 Å². The van der Waals surface area contributed by atoms with E-state index in [-0.39, 0.29) is 12.0 Å². The molecular formula is C21H26N2O3. The third kappa shape index (κ3) is 4.84. The van der Waals surface area contributed by atoms with Crippen molar-refractivity contribution in [3.63, 3.8) is 0 Å². The van der Waals surface area contributed by atoms with Gasteiger partial charge in [0.1, 0.15) is 18.4 Å². The van der Waals surface area contributed by atoms with Crippen LogP contribution in [0.5, 0.6) is 5.75 Å². The lowest BCUT2D eigenvalue weighted by molar-refractivity contribution is -0.150. The highest BCUT2D eigenvalue weighted by Crippen LogP contribution is 2.25. The van der Waals surface area contributed by atoms with Crippen molar-refractivity contribution in [2.24, 2.45) is 0 Å². The Morgan fingerprint density at radius 2 is 1.77 bits per heavy atom. The Morgan fingerprint density at radius 1 is 1.08 bits per heavy atom. The highest BCUT2D eigenvalue weighted by molar-refractivity contribution is 5.77. The van der Waals surface area contributed by atoms with Gasteiger partial charge in [-0.2, -0.15) is 0 Å². The molecular weight excluding hydrogens is 328 g/mol. The number of hydrogen-bond donors (Lipinski definition) is 1. The van der Waals surface area contributed by atoms with Gasteiger partial charge in [-0.25, -0.2) is 4.79 Å². The molecule has 5 nitrogen and oxygen atoms in total. The van der Waals surface area contributed by atoms with Crippen LogP contribution in [0.15, 0.2) is 54.6 Å². The Bertz CT molecular complexity index is 682. The molecule has 2 aromatic carbocycles. The van der Waals surface area contributed by atoms with Crippen LogP contribution in [-0.4, -0.2) is 43.7 Å². The van der Waals surface area contributed by atoms with Crippen molar-refractivity contribution < 1.29 is 14.3 Å². The number of nitrogens with zero attached hydrogens (tertiary/aromatic N) is 1. The Labute approximate surface area is 154 Å². The molecule has 2 aromatic rings. The van der Waals surface area contributed by atoms with Crippen LogP contribution < -0.4 is 10.1 Å². The summed E-state index contributed by atoms with van der Waals surface area (Å²) in [7, 11) is 0. The largest absolute Gasteiger partial charge is 0.489 e. The number of esters is 1. The minimum Gasteiger partial charge on any atom is -0.489 e. The first-order valence-corrected chi connectivity index (χ1v) is 9.16. The molecule has 0 bridgehead atoms. The molecule has 1 fully saturated rings. The number of nitrogens with one attached hydrogen (secondary N) is 1. The summed E-state index contributed by atoms with van der Waals surface area (Å²) in [6.07, 6.45) is 0. The summed E-state index contributed by atoms with van der Waals surface area (Å²) >= 11 is 0. The fourth-order valence-electron chi connectivity index (χ4n) is 3.14. The van der Waals surface area contributed by atoms with Crippen LogP contribution in [0.1, 0.15) is 24.1 Å². The highest BCUT2D eigenvalue weighted by Gasteiger charge is 2.29. The Hall–Kier alpha value is -2.37. The number of carbonyl (C=O) groups is 1. The molecule has 1 aliphatic rings. The number of hydrogen-bond acceptors (Lipinski definition) is 5. The van der Waals surface area contributed by atoms with Crippen molar-refractivity contribution >= 4 is 5.97 Å². The van der Waals surface area contributed by atoms with Crippen molar-refractivity contribution in [2.75, 3.05) is 32.8 Å². The maximum Gasteiger partial charge on any atom is 0.328 e. The SMILES string of the molecule is CCOC(=O)C(c1ccc(OCc2ccccc2)cc1)N1CCNCC1. The molecule has 138 valence electrons. The molecule has 0 aliphatic carbocycles. The van der Waals surface area contributed by atoms with E-state index in [2.05, 4.69) is 10.2 Å². The van der Waals surface area contributed by atoms with Crippen molar-refractivity contribution in [3.8, 4) is 5.75 Å². The minimum absolute atomic E-state index is 0.188. The second-order valence-electron chi connectivity index (χ2n) is 6.28. The van der Waals surface area contributed by atoms with E-state index in [1.807, 2.05) is 61.5 Å². The van der Waals surface area contributed by atoms with Gasteiger partial charge in [-0.3, -0.25) is 4.90 Å². The molecule has 1 aliphatic heterocycles. The lowest BCUT2D eigenvalue weighted by atomic mass is 10.0. The monoisotopic (exact) mass is 354 g/mol. The average molecular weight is 354 g/mol. The quantitative estimate of drug-likeness (QED) is 0.775. The minimum atomic E-state index is -0.361. The fraction of sp³-hybridized carbons (Fsp3) is 0.381. The molecule has 1 unspecified atom stereocenters. The molecule has 5 heteroatoms. The molecule has 0 saturated carbocycles. The zero-order valence-electron chi connectivity index (χ0n) is 15.2. The number of piperazine rings is 1. The third-order valence-electron chi connectivity index (χ3n) is 4.47. The summed E-state index contributed by atoms with van der Waals surface area (Å²) in [4.78, 5) is 14.7. The Kier molecular flexibility index (Phi) is 6.63. The molecule has 1 saturated heterocycles. The predicted molar refractivity (Wildman–Crippen MR) is 101 cm³/mol. The number of benzene rings is 2. The van der Waals surface area contributed by atoms with E-state index in [0.717, 1.165) is 43.1 Å². The lowest BCUT2D eigenvalue weighted by Gasteiger charge is -2.33. The van der Waals surface area contributed by atoms with Gasteiger partial charge in [-0.15, -0.1) is 0 Å². The topological polar surface area (TPSA) is 50.8 Å². The second kappa shape index (κ2) is 9.36. The maximum atomic E-state index is 12.5. The van der Waals surface area contributed by atoms with E-state index in [9.17, 15) is 4.79 Å². The number of carbonyl (C=O) groups excluding carboxylic acids is 1. The van der Waals surface area contributed by atoms with Crippen molar-refractivity contribution in [1.29, 1.82) is 0 Å². The summed E-state index contributed by atoms with van der Waals surface area (Å²) in [6, 6.07) is 17.5.